The maximum Gasteiger partial charge on any atom is 0.335 e. The fourth-order valence-corrected chi connectivity index (χ4v) is 3.71. The first-order valence-electron chi connectivity index (χ1n) is 6.40. The summed E-state index contributed by atoms with van der Waals surface area (Å²) in [6.45, 7) is 6.81. The van der Waals surface area contributed by atoms with Crippen molar-refractivity contribution in [3.8, 4) is 0 Å². The second-order valence-corrected chi connectivity index (χ2v) is 7.86. The van der Waals surface area contributed by atoms with Crippen LogP contribution in [0.25, 0.3) is 0 Å². The summed E-state index contributed by atoms with van der Waals surface area (Å²) in [6.07, 6.45) is 3.54. The van der Waals surface area contributed by atoms with Crippen LogP contribution in [0.3, 0.4) is 0 Å². The number of hydrogen-bond donors (Lipinski definition) is 0. The molecule has 0 aliphatic heterocycles. The Hall–Kier alpha value is -0.840. The second-order valence-electron chi connectivity index (χ2n) is 5.17. The number of esters is 1. The van der Waals surface area contributed by atoms with Crippen molar-refractivity contribution in [1.82, 2.24) is 0 Å². The molecule has 0 saturated heterocycles. The van der Waals surface area contributed by atoms with Crippen molar-refractivity contribution in [2.45, 2.75) is 63.6 Å². The van der Waals surface area contributed by atoms with Gasteiger partial charge in [0, 0.05) is 0 Å². The summed E-state index contributed by atoms with van der Waals surface area (Å²) in [5.41, 5.74) is 0.323. The minimum atomic E-state index is -3.30. The van der Waals surface area contributed by atoms with Gasteiger partial charge in [-0.1, -0.05) is 6.08 Å². The molecule has 0 aromatic carbocycles. The Bertz CT molecular complexity index is 432. The highest BCUT2D eigenvalue weighted by Crippen LogP contribution is 2.28. The number of allylic oxidation sites excluding steroid dienone is 1. The van der Waals surface area contributed by atoms with Crippen LogP contribution >= 0.6 is 0 Å². The van der Waals surface area contributed by atoms with Crippen LogP contribution in [0, 0.1) is 0 Å². The van der Waals surface area contributed by atoms with Gasteiger partial charge in [0.2, 0.25) is 0 Å². The van der Waals surface area contributed by atoms with Gasteiger partial charge < -0.3 is 4.74 Å². The first-order valence-corrected chi connectivity index (χ1v) is 8.01. The van der Waals surface area contributed by atoms with E-state index in [9.17, 15) is 13.2 Å². The van der Waals surface area contributed by atoms with Crippen molar-refractivity contribution in [2.24, 2.45) is 0 Å². The average molecular weight is 274 g/mol. The van der Waals surface area contributed by atoms with Crippen molar-refractivity contribution in [1.29, 1.82) is 0 Å². The molecule has 0 bridgehead atoms. The van der Waals surface area contributed by atoms with E-state index in [-0.39, 0.29) is 6.10 Å². The van der Waals surface area contributed by atoms with Gasteiger partial charge >= 0.3 is 5.97 Å². The first-order chi connectivity index (χ1) is 8.26. The smallest absolute Gasteiger partial charge is 0.335 e. The first kappa shape index (κ1) is 15.2. The summed E-state index contributed by atoms with van der Waals surface area (Å²) < 4.78 is 29.6. The SMILES string of the molecule is CC(C)OC(=O)C1=CCCCC1S(=O)(=O)C(C)C. The number of carbonyl (C=O) groups excluding carboxylic acids is 1. The molecule has 0 fully saturated rings. The lowest BCUT2D eigenvalue weighted by Crippen LogP contribution is -2.35. The molecule has 1 unspecified atom stereocenters. The van der Waals surface area contributed by atoms with Crippen molar-refractivity contribution >= 4 is 15.8 Å². The van der Waals surface area contributed by atoms with Gasteiger partial charge in [0.25, 0.3) is 0 Å². The third kappa shape index (κ3) is 3.34. The van der Waals surface area contributed by atoms with Crippen LogP contribution in [0.4, 0.5) is 0 Å². The van der Waals surface area contributed by atoms with E-state index in [2.05, 4.69) is 0 Å². The molecular weight excluding hydrogens is 252 g/mol. The van der Waals surface area contributed by atoms with Crippen LogP contribution in [0.15, 0.2) is 11.6 Å². The molecule has 1 atom stereocenters. The number of hydrogen-bond acceptors (Lipinski definition) is 4. The minimum absolute atomic E-state index is 0.234. The minimum Gasteiger partial charge on any atom is -0.460 e. The van der Waals surface area contributed by atoms with Crippen LogP contribution in [-0.2, 0) is 19.4 Å². The van der Waals surface area contributed by atoms with Gasteiger partial charge in [-0.3, -0.25) is 0 Å². The molecule has 18 heavy (non-hydrogen) atoms. The molecule has 1 aliphatic rings. The third-order valence-corrected chi connectivity index (χ3v) is 5.61. The predicted molar refractivity (Wildman–Crippen MR) is 71.0 cm³/mol. The van der Waals surface area contributed by atoms with Crippen LogP contribution < -0.4 is 0 Å². The van der Waals surface area contributed by atoms with Crippen molar-refractivity contribution in [3.63, 3.8) is 0 Å². The normalized spacial score (nSPS) is 21.0. The maximum absolute atomic E-state index is 12.2. The van der Waals surface area contributed by atoms with Crippen LogP contribution in [0.2, 0.25) is 0 Å². The molecule has 0 N–H and O–H groups in total. The summed E-state index contributed by atoms with van der Waals surface area (Å²) in [5, 5.41) is -1.17. The number of carbonyl (C=O) groups is 1. The van der Waals surface area contributed by atoms with E-state index in [4.69, 9.17) is 4.74 Å². The van der Waals surface area contributed by atoms with E-state index in [1.54, 1.807) is 33.8 Å². The number of ether oxygens (including phenoxy) is 1. The fraction of sp³-hybridized carbons (Fsp3) is 0.769. The lowest BCUT2D eigenvalue weighted by molar-refractivity contribution is -0.142. The molecule has 0 heterocycles. The van der Waals surface area contributed by atoms with Gasteiger partial charge in [0.05, 0.1) is 22.2 Å². The van der Waals surface area contributed by atoms with Crippen molar-refractivity contribution in [2.75, 3.05) is 0 Å². The van der Waals surface area contributed by atoms with E-state index >= 15 is 0 Å². The molecule has 1 rings (SSSR count). The molecule has 5 heteroatoms. The summed E-state index contributed by atoms with van der Waals surface area (Å²) in [6, 6.07) is 0. The van der Waals surface area contributed by atoms with Crippen molar-refractivity contribution < 1.29 is 17.9 Å². The van der Waals surface area contributed by atoms with Crippen LogP contribution in [0.1, 0.15) is 47.0 Å². The van der Waals surface area contributed by atoms with Gasteiger partial charge in [-0.25, -0.2) is 13.2 Å². The van der Waals surface area contributed by atoms with E-state index in [1.807, 2.05) is 0 Å². The molecule has 104 valence electrons. The largest absolute Gasteiger partial charge is 0.460 e. The highest BCUT2D eigenvalue weighted by Gasteiger charge is 2.36. The third-order valence-electron chi connectivity index (χ3n) is 3.01. The van der Waals surface area contributed by atoms with Crippen LogP contribution in [-0.4, -0.2) is 31.0 Å². The molecule has 0 aromatic heterocycles. The molecular formula is C13H22O4S. The van der Waals surface area contributed by atoms with E-state index in [0.717, 1.165) is 12.8 Å². The second kappa shape index (κ2) is 5.87. The molecule has 0 amide bonds. The molecule has 0 radical (unpaired) electrons. The van der Waals surface area contributed by atoms with Gasteiger partial charge in [-0.05, 0) is 47.0 Å². The summed E-state index contributed by atoms with van der Waals surface area (Å²) in [5.74, 6) is -0.487. The average Bonchev–Trinajstić information content (AvgIpc) is 2.27. The Morgan fingerprint density at radius 1 is 1.33 bits per heavy atom. The van der Waals surface area contributed by atoms with E-state index in [0.29, 0.717) is 12.0 Å². The topological polar surface area (TPSA) is 60.4 Å². The Balaban J connectivity index is 3.01. The zero-order valence-electron chi connectivity index (χ0n) is 11.5. The van der Waals surface area contributed by atoms with E-state index < -0.39 is 26.3 Å². The van der Waals surface area contributed by atoms with Crippen molar-refractivity contribution in [3.05, 3.63) is 11.6 Å². The Morgan fingerprint density at radius 3 is 2.44 bits per heavy atom. The fourth-order valence-electron chi connectivity index (χ4n) is 2.01. The Kier molecular flexibility index (Phi) is 4.96. The van der Waals surface area contributed by atoms with Crippen LogP contribution in [0.5, 0.6) is 0 Å². The highest BCUT2D eigenvalue weighted by atomic mass is 32.2. The number of sulfone groups is 1. The highest BCUT2D eigenvalue weighted by molar-refractivity contribution is 7.92. The van der Waals surface area contributed by atoms with Gasteiger partial charge in [-0.15, -0.1) is 0 Å². The molecule has 1 aliphatic carbocycles. The monoisotopic (exact) mass is 274 g/mol. The summed E-state index contributed by atoms with van der Waals surface area (Å²) in [4.78, 5) is 11.9. The van der Waals surface area contributed by atoms with Gasteiger partial charge in [-0.2, -0.15) is 0 Å². The van der Waals surface area contributed by atoms with Gasteiger partial charge in [0.15, 0.2) is 9.84 Å². The van der Waals surface area contributed by atoms with Gasteiger partial charge in [0.1, 0.15) is 0 Å². The van der Waals surface area contributed by atoms with E-state index in [1.165, 1.54) is 0 Å². The lowest BCUT2D eigenvalue weighted by atomic mass is 9.99. The maximum atomic E-state index is 12.2. The summed E-state index contributed by atoms with van der Waals surface area (Å²) >= 11 is 0. The number of rotatable bonds is 4. The molecule has 0 aromatic rings. The standard InChI is InChI=1S/C13H22O4S/c1-9(2)17-13(14)11-7-5-6-8-12(11)18(15,16)10(3)4/h7,9-10,12H,5-6,8H2,1-4H3. The zero-order chi connectivity index (χ0) is 13.9. The molecule has 0 saturated carbocycles. The Labute approximate surface area is 109 Å². The predicted octanol–water partition coefficient (Wildman–Crippen LogP) is 2.24. The molecule has 0 spiro atoms. The Morgan fingerprint density at radius 2 is 1.94 bits per heavy atom. The summed E-state index contributed by atoms with van der Waals surface area (Å²) in [7, 11) is -3.30. The molecule has 4 nitrogen and oxygen atoms in total. The lowest BCUT2D eigenvalue weighted by Gasteiger charge is -2.25. The zero-order valence-corrected chi connectivity index (χ0v) is 12.3. The quantitative estimate of drug-likeness (QED) is 0.738.